The summed E-state index contributed by atoms with van der Waals surface area (Å²) >= 11 is 0. The Kier molecular flexibility index (Phi) is 8.32. The highest BCUT2D eigenvalue weighted by atomic mass is 19.1. The number of amides is 3. The van der Waals surface area contributed by atoms with Gasteiger partial charge in [-0.15, -0.1) is 0 Å². The van der Waals surface area contributed by atoms with Gasteiger partial charge in [0.15, 0.2) is 0 Å². The van der Waals surface area contributed by atoms with Gasteiger partial charge in [-0.1, -0.05) is 12.1 Å². The Balaban J connectivity index is 1.09. The minimum absolute atomic E-state index is 0.00878. The van der Waals surface area contributed by atoms with Gasteiger partial charge < -0.3 is 20.4 Å². The number of piperazine rings is 1. The predicted molar refractivity (Wildman–Crippen MR) is 147 cm³/mol. The molecular weight excluding hydrogens is 515 g/mol. The lowest BCUT2D eigenvalue weighted by atomic mass is 10.1. The molecule has 208 valence electrons. The number of rotatable bonds is 9. The molecule has 1 saturated heterocycles. The van der Waals surface area contributed by atoms with Gasteiger partial charge >= 0.3 is 0 Å². The molecule has 1 aliphatic heterocycles. The summed E-state index contributed by atoms with van der Waals surface area (Å²) in [5.41, 5.74) is 3.12. The molecule has 0 unspecified atom stereocenters. The molecule has 2 atom stereocenters. The maximum Gasteiger partial charge on any atom is 0.251 e. The molecule has 0 bridgehead atoms. The zero-order valence-electron chi connectivity index (χ0n) is 21.9. The van der Waals surface area contributed by atoms with Crippen molar-refractivity contribution in [2.75, 3.05) is 43.0 Å². The Morgan fingerprint density at radius 1 is 1.05 bits per heavy atom. The van der Waals surface area contributed by atoms with Gasteiger partial charge in [0, 0.05) is 73.5 Å². The Bertz CT molecular complexity index is 1360. The Hall–Kier alpha value is -4.35. The van der Waals surface area contributed by atoms with E-state index in [0.717, 1.165) is 17.7 Å². The lowest BCUT2D eigenvalue weighted by Gasteiger charge is -2.36. The first-order chi connectivity index (χ1) is 19.4. The van der Waals surface area contributed by atoms with Crippen LogP contribution in [-0.4, -0.2) is 60.4 Å². The van der Waals surface area contributed by atoms with Crippen LogP contribution in [0.15, 0.2) is 67.0 Å². The summed E-state index contributed by atoms with van der Waals surface area (Å²) in [6.45, 7) is 2.31. The Morgan fingerprint density at radius 2 is 1.82 bits per heavy atom. The first kappa shape index (κ1) is 27.2. The van der Waals surface area contributed by atoms with Crippen molar-refractivity contribution in [2.45, 2.75) is 18.9 Å². The number of hydrogen-bond donors (Lipinski definition) is 3. The zero-order valence-corrected chi connectivity index (χ0v) is 21.9. The molecule has 0 radical (unpaired) electrons. The Morgan fingerprint density at radius 3 is 2.50 bits per heavy atom. The lowest BCUT2D eigenvalue weighted by molar-refractivity contribution is -0.136. The number of carbonyl (C=O) groups excluding carboxylic acids is 3. The number of hydrogen-bond acceptors (Lipinski definition) is 7. The van der Waals surface area contributed by atoms with Gasteiger partial charge in [0.05, 0.1) is 0 Å². The maximum absolute atomic E-state index is 14.7. The summed E-state index contributed by atoms with van der Waals surface area (Å²) in [6.07, 6.45) is 4.21. The van der Waals surface area contributed by atoms with Crippen LogP contribution in [0.4, 0.5) is 15.8 Å². The monoisotopic (exact) mass is 546 g/mol. The first-order valence-electron chi connectivity index (χ1n) is 13.1. The number of benzene rings is 2. The zero-order chi connectivity index (χ0) is 28.1. The molecule has 11 heteroatoms. The maximum atomic E-state index is 14.7. The lowest BCUT2D eigenvalue weighted by Crippen LogP contribution is -2.50. The summed E-state index contributed by atoms with van der Waals surface area (Å²) in [7, 11) is 0. The number of aromatic nitrogens is 1. The molecule has 1 aliphatic carbocycles. The minimum Gasteiger partial charge on any atom is -0.368 e. The van der Waals surface area contributed by atoms with Gasteiger partial charge in [-0.2, -0.15) is 0 Å². The number of halogens is 1. The smallest absolute Gasteiger partial charge is 0.251 e. The van der Waals surface area contributed by atoms with Crippen LogP contribution >= 0.6 is 0 Å². The molecule has 10 nitrogen and oxygen atoms in total. The minimum atomic E-state index is -0.510. The van der Waals surface area contributed by atoms with Gasteiger partial charge in [-0.05, 0) is 60.4 Å². The van der Waals surface area contributed by atoms with E-state index in [9.17, 15) is 18.8 Å². The molecule has 2 heterocycles. The summed E-state index contributed by atoms with van der Waals surface area (Å²) in [5, 5.41) is 5.53. The van der Waals surface area contributed by atoms with Crippen molar-refractivity contribution in [3.63, 3.8) is 0 Å². The molecule has 2 aromatic carbocycles. The van der Waals surface area contributed by atoms with Crippen molar-refractivity contribution >= 4 is 29.1 Å². The van der Waals surface area contributed by atoms with Crippen molar-refractivity contribution in [1.82, 2.24) is 15.2 Å². The summed E-state index contributed by atoms with van der Waals surface area (Å²) < 4.78 is 14.7. The number of carbonyl (C=O) groups is 3. The van der Waals surface area contributed by atoms with E-state index in [-0.39, 0.29) is 42.7 Å². The fraction of sp³-hybridized carbons (Fsp3) is 0.310. The number of anilines is 2. The van der Waals surface area contributed by atoms with E-state index in [1.54, 1.807) is 41.6 Å². The van der Waals surface area contributed by atoms with Gasteiger partial charge in [0.2, 0.25) is 5.91 Å². The van der Waals surface area contributed by atoms with Crippen molar-refractivity contribution in [2.24, 2.45) is 11.8 Å². The summed E-state index contributed by atoms with van der Waals surface area (Å²) in [6, 6.07) is 15.4. The third-order valence-corrected chi connectivity index (χ3v) is 7.33. The number of nitrogens with two attached hydrogens (primary N) is 1. The van der Waals surface area contributed by atoms with Crippen LogP contribution in [0.1, 0.15) is 33.8 Å². The molecule has 1 saturated carbocycles. The van der Waals surface area contributed by atoms with E-state index in [2.05, 4.69) is 25.4 Å². The van der Waals surface area contributed by atoms with Gasteiger partial charge in [0.25, 0.3) is 11.8 Å². The van der Waals surface area contributed by atoms with Crippen LogP contribution in [0.2, 0.25) is 0 Å². The molecule has 40 heavy (non-hydrogen) atoms. The molecule has 4 N–H and O–H groups in total. The molecule has 2 aliphatic rings. The molecule has 5 rings (SSSR count). The van der Waals surface area contributed by atoms with E-state index >= 15 is 0 Å². The number of nitrogens with one attached hydrogen (secondary N) is 2. The molecule has 3 aromatic rings. The average Bonchev–Trinajstić information content (AvgIpc) is 3.79. The van der Waals surface area contributed by atoms with E-state index in [1.807, 2.05) is 24.3 Å². The van der Waals surface area contributed by atoms with Crippen molar-refractivity contribution < 1.29 is 23.6 Å². The van der Waals surface area contributed by atoms with Crippen molar-refractivity contribution in [3.05, 3.63) is 89.5 Å². The highest BCUT2D eigenvalue weighted by Gasteiger charge is 2.44. The van der Waals surface area contributed by atoms with E-state index < -0.39 is 5.82 Å². The van der Waals surface area contributed by atoms with Gasteiger partial charge in [0.1, 0.15) is 12.4 Å². The predicted octanol–water partition coefficient (Wildman–Crippen LogP) is 2.43. The highest BCUT2D eigenvalue weighted by Crippen LogP contribution is 2.47. The van der Waals surface area contributed by atoms with Crippen LogP contribution < -0.4 is 21.4 Å². The SMILES string of the molecule is NOCC(=O)N1CCN(c2ccc(C(=O)NCc3ccc(NC(=O)[C@H]4C[C@@H]4c4cccnc4)cc3F)cc2)CC1. The van der Waals surface area contributed by atoms with Crippen LogP contribution in [-0.2, 0) is 21.0 Å². The number of nitrogens with zero attached hydrogens (tertiary/aromatic N) is 3. The fourth-order valence-corrected chi connectivity index (χ4v) is 4.93. The second-order valence-corrected chi connectivity index (χ2v) is 9.94. The molecule has 0 spiro atoms. The second kappa shape index (κ2) is 12.2. The summed E-state index contributed by atoms with van der Waals surface area (Å²) in [5.74, 6) is 3.85. The quantitative estimate of drug-likeness (QED) is 0.352. The highest BCUT2D eigenvalue weighted by molar-refractivity contribution is 5.95. The topological polar surface area (TPSA) is 130 Å². The second-order valence-electron chi connectivity index (χ2n) is 9.94. The van der Waals surface area contributed by atoms with E-state index in [1.165, 1.54) is 6.07 Å². The molecule has 3 amide bonds. The van der Waals surface area contributed by atoms with Crippen LogP contribution in [0, 0.1) is 11.7 Å². The van der Waals surface area contributed by atoms with Crippen LogP contribution in [0.25, 0.3) is 0 Å². The standard InChI is InChI=1S/C29H31FN6O4/c30-26-14-22(34-29(39)25-15-24(25)20-2-1-9-32-16-20)6-3-21(26)17-33-28(38)19-4-7-23(8-5-19)35-10-12-36(13-11-35)27(37)18-40-31/h1-9,14,16,24-25H,10-13,15,17-18,31H2,(H,33,38)(H,34,39)/t24-,25+/m1/s1. The van der Waals surface area contributed by atoms with E-state index in [4.69, 9.17) is 5.90 Å². The normalized spacial score (nSPS) is 18.2. The molecule has 2 fully saturated rings. The fourth-order valence-electron chi connectivity index (χ4n) is 4.93. The van der Waals surface area contributed by atoms with Crippen LogP contribution in [0.3, 0.4) is 0 Å². The van der Waals surface area contributed by atoms with Crippen LogP contribution in [0.5, 0.6) is 0 Å². The third kappa shape index (κ3) is 6.44. The largest absolute Gasteiger partial charge is 0.368 e. The molecule has 1 aromatic heterocycles. The Labute approximate surface area is 231 Å². The number of pyridine rings is 1. The third-order valence-electron chi connectivity index (χ3n) is 7.33. The van der Waals surface area contributed by atoms with Crippen molar-refractivity contribution in [3.8, 4) is 0 Å². The van der Waals surface area contributed by atoms with Gasteiger partial charge in [-0.25, -0.2) is 10.3 Å². The van der Waals surface area contributed by atoms with Gasteiger partial charge in [-0.3, -0.25) is 24.2 Å². The average molecular weight is 547 g/mol. The molecular formula is C29H31FN6O4. The van der Waals surface area contributed by atoms with Crippen molar-refractivity contribution in [1.29, 1.82) is 0 Å². The van der Waals surface area contributed by atoms with E-state index in [0.29, 0.717) is 43.0 Å². The first-order valence-corrected chi connectivity index (χ1v) is 13.1. The summed E-state index contributed by atoms with van der Waals surface area (Å²) in [4.78, 5) is 49.5.